The number of rotatable bonds is 9. The van der Waals surface area contributed by atoms with Crippen LogP contribution in [0.3, 0.4) is 0 Å². The molecular formula is C26H26N4O2S. The zero-order valence-electron chi connectivity index (χ0n) is 18.7. The van der Waals surface area contributed by atoms with Gasteiger partial charge in [-0.2, -0.15) is 0 Å². The molecular weight excluding hydrogens is 432 g/mol. The molecule has 0 aliphatic rings. The lowest BCUT2D eigenvalue weighted by atomic mass is 10.1. The number of hydrogen-bond donors (Lipinski definition) is 1. The molecule has 7 heteroatoms. The molecule has 0 radical (unpaired) electrons. The highest BCUT2D eigenvalue weighted by atomic mass is 32.2. The molecule has 1 N–H and O–H groups in total. The van der Waals surface area contributed by atoms with Gasteiger partial charge in [0.1, 0.15) is 12.4 Å². The van der Waals surface area contributed by atoms with E-state index in [4.69, 9.17) is 4.74 Å². The largest absolute Gasteiger partial charge is 0.485 e. The van der Waals surface area contributed by atoms with Gasteiger partial charge in [0, 0.05) is 17.6 Å². The van der Waals surface area contributed by atoms with Crippen LogP contribution in [0.5, 0.6) is 5.75 Å². The van der Waals surface area contributed by atoms with Gasteiger partial charge in [0.15, 0.2) is 11.0 Å². The number of anilines is 1. The van der Waals surface area contributed by atoms with Gasteiger partial charge in [-0.15, -0.1) is 16.8 Å². The van der Waals surface area contributed by atoms with Crippen molar-refractivity contribution in [3.8, 4) is 5.75 Å². The molecule has 6 nitrogen and oxygen atoms in total. The fourth-order valence-electron chi connectivity index (χ4n) is 3.50. The second-order valence-electron chi connectivity index (χ2n) is 7.72. The van der Waals surface area contributed by atoms with Crippen LogP contribution in [0.4, 0.5) is 5.69 Å². The third-order valence-electron chi connectivity index (χ3n) is 5.20. The number of benzene rings is 3. The lowest BCUT2D eigenvalue weighted by Gasteiger charge is -2.11. The van der Waals surface area contributed by atoms with E-state index in [1.54, 1.807) is 6.08 Å². The standard InChI is InChI=1S/C26H26N4O2S/c1-4-14-30-24(16-32-23-15-18(2)12-13-19(23)3)28-29-26(30)33-17-25(31)27-22-11-7-9-20-8-5-6-10-21(20)22/h4-13,15H,1,14,16-17H2,2-3H3,(H,27,31). The Labute approximate surface area is 197 Å². The first-order valence-corrected chi connectivity index (χ1v) is 11.7. The minimum atomic E-state index is -0.0994. The highest BCUT2D eigenvalue weighted by molar-refractivity contribution is 7.99. The quantitative estimate of drug-likeness (QED) is 0.263. The maximum Gasteiger partial charge on any atom is 0.234 e. The molecule has 0 bridgehead atoms. The Balaban J connectivity index is 1.42. The molecule has 3 aromatic carbocycles. The number of thioether (sulfide) groups is 1. The van der Waals surface area contributed by atoms with E-state index in [-0.39, 0.29) is 18.3 Å². The summed E-state index contributed by atoms with van der Waals surface area (Å²) < 4.78 is 7.93. The zero-order chi connectivity index (χ0) is 23.2. The van der Waals surface area contributed by atoms with Gasteiger partial charge in [0.25, 0.3) is 0 Å². The topological polar surface area (TPSA) is 69.0 Å². The summed E-state index contributed by atoms with van der Waals surface area (Å²) in [7, 11) is 0. The van der Waals surface area contributed by atoms with Crippen LogP contribution in [-0.2, 0) is 17.9 Å². The third-order valence-corrected chi connectivity index (χ3v) is 6.17. The third kappa shape index (κ3) is 5.43. The van der Waals surface area contributed by atoms with Crippen LogP contribution in [0.1, 0.15) is 17.0 Å². The minimum Gasteiger partial charge on any atom is -0.485 e. The van der Waals surface area contributed by atoms with Crippen LogP contribution < -0.4 is 10.1 Å². The first-order chi connectivity index (χ1) is 16.0. The average molecular weight is 459 g/mol. The summed E-state index contributed by atoms with van der Waals surface area (Å²) in [5.74, 6) is 1.63. The van der Waals surface area contributed by atoms with Crippen LogP contribution in [0.15, 0.2) is 78.5 Å². The molecule has 0 fully saturated rings. The first-order valence-electron chi connectivity index (χ1n) is 10.7. The predicted molar refractivity (Wildman–Crippen MR) is 134 cm³/mol. The predicted octanol–water partition coefficient (Wildman–Crippen LogP) is 5.54. The number of hydrogen-bond acceptors (Lipinski definition) is 5. The summed E-state index contributed by atoms with van der Waals surface area (Å²) in [5, 5.41) is 14.3. The number of aromatic nitrogens is 3. The van der Waals surface area contributed by atoms with E-state index in [2.05, 4.69) is 28.2 Å². The van der Waals surface area contributed by atoms with Gasteiger partial charge in [0.05, 0.1) is 5.75 Å². The summed E-state index contributed by atoms with van der Waals surface area (Å²) in [6.45, 7) is 8.70. The summed E-state index contributed by atoms with van der Waals surface area (Å²) in [5.41, 5.74) is 3.00. The molecule has 168 valence electrons. The number of fused-ring (bicyclic) bond motifs is 1. The molecule has 0 atom stereocenters. The average Bonchev–Trinajstić information content (AvgIpc) is 3.20. The normalized spacial score (nSPS) is 10.8. The lowest BCUT2D eigenvalue weighted by Crippen LogP contribution is -2.15. The van der Waals surface area contributed by atoms with E-state index in [0.29, 0.717) is 17.5 Å². The summed E-state index contributed by atoms with van der Waals surface area (Å²) in [6, 6.07) is 20.0. The van der Waals surface area contributed by atoms with Crippen LogP contribution in [0.2, 0.25) is 0 Å². The van der Waals surface area contributed by atoms with Crippen LogP contribution in [-0.4, -0.2) is 26.4 Å². The van der Waals surface area contributed by atoms with Gasteiger partial charge < -0.3 is 10.1 Å². The molecule has 33 heavy (non-hydrogen) atoms. The summed E-state index contributed by atoms with van der Waals surface area (Å²) >= 11 is 1.34. The van der Waals surface area contributed by atoms with E-state index < -0.39 is 0 Å². The minimum absolute atomic E-state index is 0.0994. The Kier molecular flexibility index (Phi) is 7.10. The Bertz CT molecular complexity index is 1290. The fourth-order valence-corrected chi connectivity index (χ4v) is 4.27. The Morgan fingerprint density at radius 3 is 2.79 bits per heavy atom. The number of aryl methyl sites for hydroxylation is 2. The smallest absolute Gasteiger partial charge is 0.234 e. The van der Waals surface area contributed by atoms with E-state index >= 15 is 0 Å². The van der Waals surface area contributed by atoms with Crippen molar-refractivity contribution in [2.24, 2.45) is 0 Å². The maximum absolute atomic E-state index is 12.7. The van der Waals surface area contributed by atoms with E-state index in [1.165, 1.54) is 11.8 Å². The van der Waals surface area contributed by atoms with Crippen LogP contribution in [0.25, 0.3) is 10.8 Å². The number of nitrogens with zero attached hydrogens (tertiary/aromatic N) is 3. The van der Waals surface area contributed by atoms with Crippen molar-refractivity contribution < 1.29 is 9.53 Å². The highest BCUT2D eigenvalue weighted by Crippen LogP contribution is 2.25. The second-order valence-corrected chi connectivity index (χ2v) is 8.66. The molecule has 0 spiro atoms. The second kappa shape index (κ2) is 10.4. The number of carbonyl (C=O) groups is 1. The number of ether oxygens (including phenoxy) is 1. The summed E-state index contributed by atoms with van der Waals surface area (Å²) in [6.07, 6.45) is 1.78. The molecule has 4 aromatic rings. The van der Waals surface area contributed by atoms with Crippen LogP contribution in [0, 0.1) is 13.8 Å². The van der Waals surface area contributed by atoms with Gasteiger partial charge in [0.2, 0.25) is 5.91 Å². The molecule has 1 heterocycles. The molecule has 0 aliphatic heterocycles. The van der Waals surface area contributed by atoms with Crippen molar-refractivity contribution >= 4 is 34.1 Å². The van der Waals surface area contributed by atoms with Gasteiger partial charge in [-0.1, -0.05) is 66.4 Å². The lowest BCUT2D eigenvalue weighted by molar-refractivity contribution is -0.113. The molecule has 1 amide bonds. The van der Waals surface area contributed by atoms with Gasteiger partial charge >= 0.3 is 0 Å². The molecule has 0 saturated carbocycles. The van der Waals surface area contributed by atoms with Gasteiger partial charge in [-0.05, 0) is 42.5 Å². The first kappa shape index (κ1) is 22.6. The van der Waals surface area contributed by atoms with Crippen molar-refractivity contribution in [3.05, 3.63) is 90.3 Å². The molecule has 0 saturated heterocycles. The van der Waals surface area contributed by atoms with Crippen LogP contribution >= 0.6 is 11.8 Å². The van der Waals surface area contributed by atoms with Crippen molar-refractivity contribution in [1.29, 1.82) is 0 Å². The van der Waals surface area contributed by atoms with Crippen molar-refractivity contribution in [2.45, 2.75) is 32.2 Å². The SMILES string of the molecule is C=CCn1c(COc2cc(C)ccc2C)nnc1SCC(=O)Nc1cccc2ccccc12. The Morgan fingerprint density at radius 2 is 1.94 bits per heavy atom. The number of amides is 1. The monoisotopic (exact) mass is 458 g/mol. The fraction of sp³-hybridized carbons (Fsp3) is 0.192. The van der Waals surface area contributed by atoms with E-state index in [9.17, 15) is 4.79 Å². The molecule has 4 rings (SSSR count). The molecule has 0 unspecified atom stereocenters. The van der Waals surface area contributed by atoms with Gasteiger partial charge in [-0.3, -0.25) is 9.36 Å². The number of nitrogens with one attached hydrogen (secondary N) is 1. The Hall–Kier alpha value is -3.58. The number of carbonyl (C=O) groups excluding carboxylic acids is 1. The highest BCUT2D eigenvalue weighted by Gasteiger charge is 2.15. The van der Waals surface area contributed by atoms with Crippen molar-refractivity contribution in [1.82, 2.24) is 14.8 Å². The molecule has 1 aromatic heterocycles. The maximum atomic E-state index is 12.7. The van der Waals surface area contributed by atoms with Gasteiger partial charge in [-0.25, -0.2) is 0 Å². The van der Waals surface area contributed by atoms with Crippen molar-refractivity contribution in [2.75, 3.05) is 11.1 Å². The molecule has 0 aliphatic carbocycles. The summed E-state index contributed by atoms with van der Waals surface area (Å²) in [4.78, 5) is 12.7. The number of allylic oxidation sites excluding steroid dienone is 1. The Morgan fingerprint density at radius 1 is 1.12 bits per heavy atom. The van der Waals surface area contributed by atoms with E-state index in [1.807, 2.05) is 73.0 Å². The van der Waals surface area contributed by atoms with Crippen molar-refractivity contribution in [3.63, 3.8) is 0 Å². The zero-order valence-corrected chi connectivity index (χ0v) is 19.6. The van der Waals surface area contributed by atoms with E-state index in [0.717, 1.165) is 33.3 Å².